The summed E-state index contributed by atoms with van der Waals surface area (Å²) in [6.45, 7) is 1.77. The monoisotopic (exact) mass is 278 g/mol. The van der Waals surface area contributed by atoms with Crippen molar-refractivity contribution in [1.29, 1.82) is 0 Å². The molecule has 0 spiro atoms. The van der Waals surface area contributed by atoms with Crippen LogP contribution in [0.3, 0.4) is 0 Å². The maximum absolute atomic E-state index is 11.9. The fourth-order valence-electron chi connectivity index (χ4n) is 1.99. The Kier molecular flexibility index (Phi) is 3.71. The van der Waals surface area contributed by atoms with Crippen molar-refractivity contribution in [3.8, 4) is 5.75 Å². The minimum absolute atomic E-state index is 0.167. The molecule has 19 heavy (non-hydrogen) atoms. The number of phenolic OH excluding ortho intramolecular Hbond substituents is 1. The Hall–Kier alpha value is -2.08. The Morgan fingerprint density at radius 3 is 2.58 bits per heavy atom. The van der Waals surface area contributed by atoms with Gasteiger partial charge in [0.15, 0.2) is 5.11 Å². The highest BCUT2D eigenvalue weighted by molar-refractivity contribution is 7.80. The van der Waals surface area contributed by atoms with Crippen LogP contribution in [0.2, 0.25) is 0 Å². The molecule has 5 nitrogen and oxygen atoms in total. The van der Waals surface area contributed by atoms with Gasteiger partial charge in [-0.05, 0) is 36.8 Å². The van der Waals surface area contributed by atoms with Gasteiger partial charge in [-0.3, -0.25) is 0 Å². The van der Waals surface area contributed by atoms with Gasteiger partial charge in [0.05, 0.1) is 18.7 Å². The molecule has 2 rings (SSSR count). The average molecular weight is 278 g/mol. The van der Waals surface area contributed by atoms with E-state index in [1.54, 1.807) is 31.2 Å². The van der Waals surface area contributed by atoms with Crippen molar-refractivity contribution in [3.63, 3.8) is 0 Å². The molecule has 3 N–H and O–H groups in total. The summed E-state index contributed by atoms with van der Waals surface area (Å²) >= 11 is 5.10. The Balaban J connectivity index is 2.46. The van der Waals surface area contributed by atoms with Gasteiger partial charge in [0, 0.05) is 5.70 Å². The summed E-state index contributed by atoms with van der Waals surface area (Å²) < 4.78 is 4.80. The van der Waals surface area contributed by atoms with Crippen LogP contribution in [0.5, 0.6) is 5.75 Å². The van der Waals surface area contributed by atoms with Gasteiger partial charge in [-0.2, -0.15) is 0 Å². The summed E-state index contributed by atoms with van der Waals surface area (Å²) in [4.78, 5) is 11.9. The topological polar surface area (TPSA) is 70.6 Å². The summed E-state index contributed by atoms with van der Waals surface area (Å²) in [5.74, 6) is -0.251. The van der Waals surface area contributed by atoms with E-state index in [0.29, 0.717) is 16.4 Å². The number of carbonyl (C=O) groups is 1. The Morgan fingerprint density at radius 1 is 1.37 bits per heavy atom. The Bertz CT molecular complexity index is 552. The van der Waals surface area contributed by atoms with E-state index in [-0.39, 0.29) is 11.8 Å². The largest absolute Gasteiger partial charge is 0.508 e. The summed E-state index contributed by atoms with van der Waals surface area (Å²) in [7, 11) is 1.34. The van der Waals surface area contributed by atoms with Crippen molar-refractivity contribution >= 4 is 23.3 Å². The number of hydrogen-bond donors (Lipinski definition) is 3. The van der Waals surface area contributed by atoms with E-state index in [0.717, 1.165) is 5.56 Å². The molecule has 6 heteroatoms. The molecule has 1 aliphatic heterocycles. The van der Waals surface area contributed by atoms with Crippen molar-refractivity contribution < 1.29 is 14.6 Å². The van der Waals surface area contributed by atoms with Crippen molar-refractivity contribution in [1.82, 2.24) is 10.6 Å². The van der Waals surface area contributed by atoms with Crippen LogP contribution in [0.25, 0.3) is 0 Å². The van der Waals surface area contributed by atoms with Crippen LogP contribution >= 0.6 is 12.2 Å². The Labute approximate surface area is 116 Å². The predicted molar refractivity (Wildman–Crippen MR) is 74.4 cm³/mol. The van der Waals surface area contributed by atoms with Crippen molar-refractivity contribution in [3.05, 3.63) is 41.1 Å². The van der Waals surface area contributed by atoms with E-state index in [1.807, 2.05) is 0 Å². The van der Waals surface area contributed by atoms with Crippen molar-refractivity contribution in [2.75, 3.05) is 7.11 Å². The van der Waals surface area contributed by atoms with E-state index < -0.39 is 5.97 Å². The molecule has 0 aromatic heterocycles. The summed E-state index contributed by atoms with van der Waals surface area (Å²) in [5, 5.41) is 15.7. The van der Waals surface area contributed by atoms with Gasteiger partial charge < -0.3 is 20.5 Å². The molecule has 1 aromatic carbocycles. The van der Waals surface area contributed by atoms with Gasteiger partial charge in [-0.15, -0.1) is 0 Å². The number of methoxy groups -OCH3 is 1. The molecule has 0 bridgehead atoms. The molecule has 1 aromatic rings. The average Bonchev–Trinajstić information content (AvgIpc) is 2.38. The number of carbonyl (C=O) groups excluding carboxylic acids is 1. The number of aromatic hydroxyl groups is 1. The third-order valence-corrected chi connectivity index (χ3v) is 3.12. The van der Waals surface area contributed by atoms with Crippen LogP contribution < -0.4 is 10.6 Å². The fraction of sp³-hybridized carbons (Fsp3) is 0.231. The smallest absolute Gasteiger partial charge is 0.337 e. The fourth-order valence-corrected chi connectivity index (χ4v) is 2.26. The molecule has 100 valence electrons. The molecule has 1 aliphatic rings. The maximum atomic E-state index is 11.9. The maximum Gasteiger partial charge on any atom is 0.337 e. The molecule has 0 amide bonds. The number of phenols is 1. The molecule has 0 unspecified atom stereocenters. The first kappa shape index (κ1) is 13.4. The van der Waals surface area contributed by atoms with E-state index in [9.17, 15) is 9.90 Å². The number of nitrogens with one attached hydrogen (secondary N) is 2. The zero-order chi connectivity index (χ0) is 14.0. The lowest BCUT2D eigenvalue weighted by molar-refractivity contribution is -0.136. The van der Waals surface area contributed by atoms with Crippen LogP contribution in [0.1, 0.15) is 18.5 Å². The molecule has 0 aliphatic carbocycles. The van der Waals surface area contributed by atoms with E-state index in [4.69, 9.17) is 17.0 Å². The number of ether oxygens (including phenoxy) is 1. The molecular weight excluding hydrogens is 264 g/mol. The number of rotatable bonds is 2. The second kappa shape index (κ2) is 5.27. The highest BCUT2D eigenvalue weighted by atomic mass is 32.1. The molecule has 0 radical (unpaired) electrons. The van der Waals surface area contributed by atoms with E-state index in [1.165, 1.54) is 7.11 Å². The van der Waals surface area contributed by atoms with Crippen LogP contribution in [-0.4, -0.2) is 23.3 Å². The predicted octanol–water partition coefficient (Wildman–Crippen LogP) is 1.36. The molecule has 1 atom stereocenters. The molecule has 0 saturated heterocycles. The minimum Gasteiger partial charge on any atom is -0.508 e. The first-order valence-corrected chi connectivity index (χ1v) is 6.09. The van der Waals surface area contributed by atoms with Gasteiger partial charge in [0.1, 0.15) is 5.75 Å². The first-order chi connectivity index (χ1) is 9.02. The molecule has 0 fully saturated rings. The normalized spacial score (nSPS) is 18.6. The zero-order valence-corrected chi connectivity index (χ0v) is 11.4. The van der Waals surface area contributed by atoms with Crippen LogP contribution in [0, 0.1) is 0 Å². The van der Waals surface area contributed by atoms with Crippen LogP contribution in [-0.2, 0) is 9.53 Å². The van der Waals surface area contributed by atoms with Crippen LogP contribution in [0.4, 0.5) is 0 Å². The number of allylic oxidation sites excluding steroid dienone is 1. The Morgan fingerprint density at radius 2 is 2.00 bits per heavy atom. The lowest BCUT2D eigenvalue weighted by atomic mass is 9.96. The third-order valence-electron chi connectivity index (χ3n) is 2.90. The van der Waals surface area contributed by atoms with Crippen molar-refractivity contribution in [2.45, 2.75) is 13.0 Å². The summed E-state index contributed by atoms with van der Waals surface area (Å²) in [6, 6.07) is 6.20. The van der Waals surface area contributed by atoms with Gasteiger partial charge in [-0.25, -0.2) is 4.79 Å². The van der Waals surface area contributed by atoms with Gasteiger partial charge >= 0.3 is 5.97 Å². The van der Waals surface area contributed by atoms with E-state index >= 15 is 0 Å². The molecule has 0 saturated carbocycles. The highest BCUT2D eigenvalue weighted by Gasteiger charge is 2.30. The molecule has 1 heterocycles. The van der Waals surface area contributed by atoms with Gasteiger partial charge in [0.2, 0.25) is 0 Å². The number of hydrogen-bond acceptors (Lipinski definition) is 4. The lowest BCUT2D eigenvalue weighted by Gasteiger charge is -2.29. The number of thiocarbonyl (C=S) groups is 1. The summed E-state index contributed by atoms with van der Waals surface area (Å²) in [5.41, 5.74) is 1.96. The SMILES string of the molecule is COC(=O)C1=C(C)NC(=S)N[C@H]1c1ccc(O)cc1. The van der Waals surface area contributed by atoms with Gasteiger partial charge in [0.25, 0.3) is 0 Å². The number of esters is 1. The van der Waals surface area contributed by atoms with Crippen molar-refractivity contribution in [2.24, 2.45) is 0 Å². The van der Waals surface area contributed by atoms with Gasteiger partial charge in [-0.1, -0.05) is 12.1 Å². The second-order valence-electron chi connectivity index (χ2n) is 4.15. The number of benzene rings is 1. The highest BCUT2D eigenvalue weighted by Crippen LogP contribution is 2.28. The molecular formula is C13H14N2O3S. The third kappa shape index (κ3) is 2.68. The second-order valence-corrected chi connectivity index (χ2v) is 4.56. The van der Waals surface area contributed by atoms with Crippen LogP contribution in [0.15, 0.2) is 35.5 Å². The first-order valence-electron chi connectivity index (χ1n) is 5.68. The zero-order valence-electron chi connectivity index (χ0n) is 10.6. The van der Waals surface area contributed by atoms with E-state index in [2.05, 4.69) is 10.6 Å². The standard InChI is InChI=1S/C13H14N2O3S/c1-7-10(12(17)18-2)11(15-13(19)14-7)8-3-5-9(16)6-4-8/h3-6,11,16H,1-2H3,(H2,14,15,19)/t11-/m0/s1. The minimum atomic E-state index is -0.418. The lowest BCUT2D eigenvalue weighted by Crippen LogP contribution is -2.45. The quantitative estimate of drug-likeness (QED) is 0.560. The summed E-state index contributed by atoms with van der Waals surface area (Å²) in [6.07, 6.45) is 0.